The molecule has 5 nitrogen and oxygen atoms in total. The molecule has 0 bridgehead atoms. The molecule has 1 N–H and O–H groups in total. The van der Waals surface area contributed by atoms with Crippen molar-refractivity contribution in [3.05, 3.63) is 34.9 Å². The summed E-state index contributed by atoms with van der Waals surface area (Å²) in [5, 5.41) is 9.66. The summed E-state index contributed by atoms with van der Waals surface area (Å²) in [6.07, 6.45) is 3.27. The van der Waals surface area contributed by atoms with E-state index in [1.54, 1.807) is 0 Å². The number of likely N-dealkylation sites (N-methyl/N-ethyl adjacent to an activating group) is 1. The Balaban J connectivity index is 1.98. The van der Waals surface area contributed by atoms with Gasteiger partial charge in [0.25, 0.3) is 0 Å². The molecule has 1 saturated heterocycles. The van der Waals surface area contributed by atoms with Gasteiger partial charge in [-0.1, -0.05) is 37.6 Å². The molecule has 1 unspecified atom stereocenters. The van der Waals surface area contributed by atoms with E-state index in [0.29, 0.717) is 18.0 Å². The van der Waals surface area contributed by atoms with Crippen LogP contribution < -0.4 is 0 Å². The number of hydrogen-bond donors (Lipinski definition) is 1. The van der Waals surface area contributed by atoms with Crippen LogP contribution in [0.15, 0.2) is 24.3 Å². The summed E-state index contributed by atoms with van der Waals surface area (Å²) in [5.41, 5.74) is 0.557. The third-order valence-corrected chi connectivity index (χ3v) is 5.34. The molecule has 6 heteroatoms. The number of carbonyl (C=O) groups is 2. The number of likely N-dealkylation sites (tertiary alicyclic amines) is 1. The number of rotatable bonds is 6. The van der Waals surface area contributed by atoms with Crippen molar-refractivity contribution in [1.29, 1.82) is 0 Å². The summed E-state index contributed by atoms with van der Waals surface area (Å²) in [6, 6.07) is 7.87. The maximum Gasteiger partial charge on any atom is 0.317 e. The van der Waals surface area contributed by atoms with E-state index in [2.05, 4.69) is 0 Å². The molecule has 2 rings (SSSR count). The lowest BCUT2D eigenvalue weighted by Gasteiger charge is -2.32. The highest BCUT2D eigenvalue weighted by Crippen LogP contribution is 2.28. The van der Waals surface area contributed by atoms with E-state index in [0.717, 1.165) is 31.4 Å². The quantitative estimate of drug-likeness (QED) is 0.822. The zero-order chi connectivity index (χ0) is 19.3. The Labute approximate surface area is 160 Å². The van der Waals surface area contributed by atoms with Crippen molar-refractivity contribution in [3.8, 4) is 0 Å². The monoisotopic (exact) mass is 380 g/mol. The fourth-order valence-corrected chi connectivity index (χ4v) is 3.94. The number of halogens is 1. The minimum atomic E-state index is -0.813. The molecule has 1 fully saturated rings. The molecular weight excluding hydrogens is 352 g/mol. The van der Waals surface area contributed by atoms with E-state index in [1.165, 1.54) is 0 Å². The van der Waals surface area contributed by atoms with Gasteiger partial charge in [-0.05, 0) is 50.4 Å². The van der Waals surface area contributed by atoms with Crippen LogP contribution in [-0.4, -0.2) is 59.5 Å². The fraction of sp³-hybridized carbons (Fsp3) is 0.600. The van der Waals surface area contributed by atoms with Crippen LogP contribution in [0, 0.1) is 5.41 Å². The Bertz CT molecular complexity index is 648. The normalized spacial score (nSPS) is 18.7. The molecule has 1 heterocycles. The number of benzene rings is 1. The first-order chi connectivity index (χ1) is 12.2. The first-order valence-electron chi connectivity index (χ1n) is 9.15. The van der Waals surface area contributed by atoms with Crippen molar-refractivity contribution in [2.24, 2.45) is 5.41 Å². The molecular formula is C20H29ClN2O3. The number of carboxylic acids is 1. The molecule has 0 spiro atoms. The van der Waals surface area contributed by atoms with Crippen LogP contribution in [0.25, 0.3) is 0 Å². The molecule has 0 aromatic heterocycles. The summed E-state index contributed by atoms with van der Waals surface area (Å²) in [5.74, 6) is -0.661. The van der Waals surface area contributed by atoms with Gasteiger partial charge in [-0.25, -0.2) is 0 Å². The van der Waals surface area contributed by atoms with Crippen molar-refractivity contribution < 1.29 is 14.7 Å². The Morgan fingerprint density at radius 1 is 1.31 bits per heavy atom. The average Bonchev–Trinajstić information content (AvgIpc) is 2.79. The number of aliphatic carboxylic acids is 1. The maximum atomic E-state index is 13.1. The van der Waals surface area contributed by atoms with Crippen LogP contribution in [0.3, 0.4) is 0 Å². The zero-order valence-electron chi connectivity index (χ0n) is 15.9. The van der Waals surface area contributed by atoms with Gasteiger partial charge < -0.3 is 10.0 Å². The lowest BCUT2D eigenvalue weighted by molar-refractivity contribution is -0.141. The SMILES string of the molecule is CN(CC(=O)O)C1CCCN(C(=O)C(C)(C)Cc2cccc(Cl)c2)CC1. The lowest BCUT2D eigenvalue weighted by Crippen LogP contribution is -2.43. The largest absolute Gasteiger partial charge is 0.480 e. The molecule has 0 saturated carbocycles. The van der Waals surface area contributed by atoms with Crippen molar-refractivity contribution in [2.75, 3.05) is 26.7 Å². The van der Waals surface area contributed by atoms with Crippen molar-refractivity contribution in [1.82, 2.24) is 9.80 Å². The van der Waals surface area contributed by atoms with Crippen LogP contribution in [0.1, 0.15) is 38.7 Å². The van der Waals surface area contributed by atoms with Crippen LogP contribution in [0.5, 0.6) is 0 Å². The summed E-state index contributed by atoms with van der Waals surface area (Å²) in [6.45, 7) is 5.41. The second kappa shape index (κ2) is 8.87. The molecule has 1 aliphatic heterocycles. The fourth-order valence-electron chi connectivity index (χ4n) is 3.73. The van der Waals surface area contributed by atoms with E-state index < -0.39 is 11.4 Å². The average molecular weight is 381 g/mol. The van der Waals surface area contributed by atoms with Gasteiger partial charge >= 0.3 is 5.97 Å². The smallest absolute Gasteiger partial charge is 0.317 e. The summed E-state index contributed by atoms with van der Waals surface area (Å²) in [7, 11) is 1.85. The number of nitrogens with zero attached hydrogens (tertiary/aromatic N) is 2. The van der Waals surface area contributed by atoms with E-state index >= 15 is 0 Å². The number of carbonyl (C=O) groups excluding carboxylic acids is 1. The van der Waals surface area contributed by atoms with Crippen LogP contribution in [-0.2, 0) is 16.0 Å². The van der Waals surface area contributed by atoms with Crippen LogP contribution in [0.2, 0.25) is 5.02 Å². The highest BCUT2D eigenvalue weighted by molar-refractivity contribution is 6.30. The standard InChI is InChI=1S/C20H29ClN2O3/c1-20(2,13-15-6-4-7-16(21)12-15)19(26)23-10-5-8-17(9-11-23)22(3)14-18(24)25/h4,6-7,12,17H,5,8-11,13-14H2,1-3H3,(H,24,25). The van der Waals surface area contributed by atoms with E-state index in [9.17, 15) is 9.59 Å². The summed E-state index contributed by atoms with van der Waals surface area (Å²) >= 11 is 6.06. The summed E-state index contributed by atoms with van der Waals surface area (Å²) in [4.78, 5) is 27.9. The minimum absolute atomic E-state index is 0.0405. The predicted molar refractivity (Wildman–Crippen MR) is 103 cm³/mol. The van der Waals surface area contributed by atoms with E-state index in [4.69, 9.17) is 16.7 Å². The Morgan fingerprint density at radius 2 is 2.04 bits per heavy atom. The second-order valence-corrected chi connectivity index (χ2v) is 8.31. The second-order valence-electron chi connectivity index (χ2n) is 7.88. The Hall–Kier alpha value is -1.59. The van der Waals surface area contributed by atoms with Crippen molar-refractivity contribution in [2.45, 2.75) is 45.6 Å². The lowest BCUT2D eigenvalue weighted by atomic mass is 9.84. The molecule has 1 aromatic carbocycles. The zero-order valence-corrected chi connectivity index (χ0v) is 16.6. The predicted octanol–water partition coefficient (Wildman–Crippen LogP) is 3.31. The van der Waals surface area contributed by atoms with Crippen LogP contribution in [0.4, 0.5) is 0 Å². The molecule has 1 aliphatic rings. The minimum Gasteiger partial charge on any atom is -0.480 e. The third kappa shape index (κ3) is 5.71. The van der Waals surface area contributed by atoms with Crippen molar-refractivity contribution >= 4 is 23.5 Å². The molecule has 1 aromatic rings. The molecule has 0 radical (unpaired) electrons. The van der Waals surface area contributed by atoms with Gasteiger partial charge in [0.05, 0.1) is 6.54 Å². The Kier molecular flexibility index (Phi) is 7.07. The first kappa shape index (κ1) is 20.7. The van der Waals surface area contributed by atoms with Gasteiger partial charge in [-0.15, -0.1) is 0 Å². The topological polar surface area (TPSA) is 60.9 Å². The maximum absolute atomic E-state index is 13.1. The van der Waals surface area contributed by atoms with Crippen molar-refractivity contribution in [3.63, 3.8) is 0 Å². The molecule has 144 valence electrons. The number of amides is 1. The van der Waals surface area contributed by atoms with Gasteiger partial charge in [-0.2, -0.15) is 0 Å². The van der Waals surface area contributed by atoms with Crippen LogP contribution >= 0.6 is 11.6 Å². The van der Waals surface area contributed by atoms with E-state index in [1.807, 2.05) is 55.0 Å². The Morgan fingerprint density at radius 3 is 2.69 bits per heavy atom. The summed E-state index contributed by atoms with van der Waals surface area (Å²) < 4.78 is 0. The molecule has 1 amide bonds. The highest BCUT2D eigenvalue weighted by Gasteiger charge is 2.33. The number of carboxylic acid groups (broad SMARTS) is 1. The van der Waals surface area contributed by atoms with Gasteiger partial charge in [0.2, 0.25) is 5.91 Å². The van der Waals surface area contributed by atoms with Gasteiger partial charge in [0, 0.05) is 29.6 Å². The highest BCUT2D eigenvalue weighted by atomic mass is 35.5. The molecule has 26 heavy (non-hydrogen) atoms. The van der Waals surface area contributed by atoms with E-state index in [-0.39, 0.29) is 18.5 Å². The van der Waals surface area contributed by atoms with Gasteiger partial charge in [0.15, 0.2) is 0 Å². The first-order valence-corrected chi connectivity index (χ1v) is 9.53. The third-order valence-electron chi connectivity index (χ3n) is 5.11. The van der Waals surface area contributed by atoms with Gasteiger partial charge in [0.1, 0.15) is 0 Å². The molecule has 1 atom stereocenters. The number of hydrogen-bond acceptors (Lipinski definition) is 3. The molecule has 0 aliphatic carbocycles. The van der Waals surface area contributed by atoms with Gasteiger partial charge in [-0.3, -0.25) is 14.5 Å².